The molecule has 0 bridgehead atoms. The lowest BCUT2D eigenvalue weighted by Crippen LogP contribution is -2.49. The first kappa shape index (κ1) is 33.0. The second-order valence-corrected chi connectivity index (χ2v) is 14.0. The van der Waals surface area contributed by atoms with Crippen molar-refractivity contribution in [2.45, 2.75) is 137 Å². The largest absolute Gasteiger partial charge is 0.427 e. The van der Waals surface area contributed by atoms with Crippen molar-refractivity contribution in [3.05, 3.63) is 47.5 Å². The Labute approximate surface area is 248 Å². The highest BCUT2D eigenvalue weighted by molar-refractivity contribution is 6.47. The van der Waals surface area contributed by atoms with Crippen molar-refractivity contribution in [3.8, 4) is 11.1 Å². The molecule has 40 heavy (non-hydrogen) atoms. The molecule has 2 aromatic carbocycles. The number of fused-ring (bicyclic) bond motifs is 3. The highest BCUT2D eigenvalue weighted by atomic mass is 16.5. The van der Waals surface area contributed by atoms with E-state index in [2.05, 4.69) is 71.0 Å². The monoisotopic (exact) mass is 541 g/mol. The third-order valence-electron chi connectivity index (χ3n) is 10.3. The highest BCUT2D eigenvalue weighted by Crippen LogP contribution is 2.55. The topological polar surface area (TPSA) is 29.5 Å². The molecule has 2 aromatic rings. The Kier molecular flexibility index (Phi) is 11.3. The van der Waals surface area contributed by atoms with Crippen LogP contribution in [-0.4, -0.2) is 31.6 Å². The molecule has 0 aliphatic heterocycles. The van der Waals surface area contributed by atoms with Gasteiger partial charge in [0, 0.05) is 5.41 Å². The summed E-state index contributed by atoms with van der Waals surface area (Å²) >= 11 is 0. The third-order valence-corrected chi connectivity index (χ3v) is 10.3. The summed E-state index contributed by atoms with van der Waals surface area (Å²) in [6.07, 6.45) is 11.0. The molecule has 1 aliphatic rings. The number of benzene rings is 2. The standard InChI is InChI=1S/C36H55B2O2/c1-10-25(4)15-13-14-20-36(24-27(12-3)21-26(5)11-2)32-22-28(37)16-18-30(32)31-19-17-29(23-33(31)36)38-40-35(8,9)34(6,7)39/h16-19,22-23,25-27,39H,10-15,20-21,24H2,1-9H3. The molecule has 2 nitrogen and oxygen atoms in total. The minimum atomic E-state index is -0.961. The van der Waals surface area contributed by atoms with Gasteiger partial charge in [0.05, 0.1) is 11.2 Å². The molecule has 4 heteroatoms. The number of unbranched alkanes of at least 4 members (excludes halogenated alkanes) is 1. The maximum absolute atomic E-state index is 10.6. The Bertz CT molecular complexity index is 1100. The summed E-state index contributed by atoms with van der Waals surface area (Å²) in [6.45, 7) is 19.3. The van der Waals surface area contributed by atoms with E-state index in [0.717, 1.165) is 35.6 Å². The zero-order valence-electron chi connectivity index (χ0n) is 27.1. The van der Waals surface area contributed by atoms with E-state index in [0.29, 0.717) is 5.92 Å². The molecule has 1 N–H and O–H groups in total. The normalized spacial score (nSPS) is 19.1. The van der Waals surface area contributed by atoms with Gasteiger partial charge in [-0.15, -0.1) is 0 Å². The van der Waals surface area contributed by atoms with E-state index >= 15 is 0 Å². The van der Waals surface area contributed by atoms with E-state index in [1.165, 1.54) is 67.2 Å². The zero-order chi connectivity index (χ0) is 29.7. The fourth-order valence-electron chi connectivity index (χ4n) is 6.30. The molecule has 4 unspecified atom stereocenters. The van der Waals surface area contributed by atoms with Crippen LogP contribution in [0.2, 0.25) is 0 Å². The van der Waals surface area contributed by atoms with E-state index in [4.69, 9.17) is 12.5 Å². The Balaban J connectivity index is 2.08. The molecular formula is C36H55B2O2. The van der Waals surface area contributed by atoms with Gasteiger partial charge in [0.1, 0.15) is 7.85 Å². The molecule has 0 heterocycles. The second-order valence-electron chi connectivity index (χ2n) is 14.0. The minimum absolute atomic E-state index is 0.0563. The van der Waals surface area contributed by atoms with Crippen molar-refractivity contribution in [2.24, 2.45) is 17.8 Å². The molecular weight excluding hydrogens is 486 g/mol. The molecule has 0 fully saturated rings. The van der Waals surface area contributed by atoms with Crippen LogP contribution in [0.25, 0.3) is 11.1 Å². The van der Waals surface area contributed by atoms with Crippen LogP contribution in [0, 0.1) is 17.8 Å². The Morgan fingerprint density at radius 3 is 2.10 bits per heavy atom. The van der Waals surface area contributed by atoms with Crippen LogP contribution in [0.4, 0.5) is 0 Å². The quantitative estimate of drug-likeness (QED) is 0.172. The van der Waals surface area contributed by atoms with Gasteiger partial charge in [-0.1, -0.05) is 120 Å². The number of aliphatic hydroxyl groups is 1. The van der Waals surface area contributed by atoms with Crippen molar-refractivity contribution >= 4 is 26.3 Å². The smallest absolute Gasteiger partial charge is 0.330 e. The summed E-state index contributed by atoms with van der Waals surface area (Å²) in [5, 5.41) is 10.6. The van der Waals surface area contributed by atoms with Gasteiger partial charge in [-0.3, -0.25) is 0 Å². The molecule has 4 atom stereocenters. The van der Waals surface area contributed by atoms with E-state index in [-0.39, 0.29) is 5.41 Å². The molecule has 0 saturated heterocycles. The summed E-state index contributed by atoms with van der Waals surface area (Å²) in [4.78, 5) is 0. The van der Waals surface area contributed by atoms with Gasteiger partial charge in [-0.25, -0.2) is 0 Å². The lowest BCUT2D eigenvalue weighted by atomic mass is 9.65. The highest BCUT2D eigenvalue weighted by Gasteiger charge is 2.44. The molecule has 3 rings (SSSR count). The Hall–Kier alpha value is -1.51. The predicted molar refractivity (Wildman–Crippen MR) is 175 cm³/mol. The second kappa shape index (κ2) is 13.6. The van der Waals surface area contributed by atoms with E-state index in [9.17, 15) is 5.11 Å². The molecule has 3 radical (unpaired) electrons. The van der Waals surface area contributed by atoms with E-state index < -0.39 is 11.2 Å². The molecule has 0 amide bonds. The number of hydrogen-bond donors (Lipinski definition) is 1. The van der Waals surface area contributed by atoms with Gasteiger partial charge in [0.25, 0.3) is 0 Å². The van der Waals surface area contributed by atoms with E-state index in [1.54, 1.807) is 13.8 Å². The first-order valence-corrected chi connectivity index (χ1v) is 16.1. The van der Waals surface area contributed by atoms with Crippen LogP contribution in [0.15, 0.2) is 36.4 Å². The summed E-state index contributed by atoms with van der Waals surface area (Å²) in [6, 6.07) is 13.4. The SMILES string of the molecule is [B]c1ccc2c(c1)C(CCCCC(C)CC)(CC(CC)CC(C)CC)c1cc([B]OC(C)(C)C(C)(C)O)ccc1-2. The maximum atomic E-state index is 10.6. The van der Waals surface area contributed by atoms with Crippen LogP contribution in [0.3, 0.4) is 0 Å². The van der Waals surface area contributed by atoms with E-state index in [1.807, 2.05) is 21.3 Å². The van der Waals surface area contributed by atoms with Gasteiger partial charge in [0.2, 0.25) is 0 Å². The minimum Gasteiger partial charge on any atom is -0.427 e. The number of rotatable bonds is 16. The predicted octanol–water partition coefficient (Wildman–Crippen LogP) is 8.02. The van der Waals surface area contributed by atoms with Gasteiger partial charge in [-0.05, 0) is 87.0 Å². The lowest BCUT2D eigenvalue weighted by molar-refractivity contribution is -0.0893. The van der Waals surface area contributed by atoms with Crippen LogP contribution in [0.5, 0.6) is 0 Å². The molecule has 217 valence electrons. The van der Waals surface area contributed by atoms with Gasteiger partial charge < -0.3 is 9.76 Å². The van der Waals surface area contributed by atoms with Crippen LogP contribution < -0.4 is 10.9 Å². The summed E-state index contributed by atoms with van der Waals surface area (Å²) < 4.78 is 6.22. The average molecular weight is 541 g/mol. The Morgan fingerprint density at radius 2 is 1.50 bits per heavy atom. The van der Waals surface area contributed by atoms with Crippen molar-refractivity contribution in [2.75, 3.05) is 0 Å². The van der Waals surface area contributed by atoms with Gasteiger partial charge in [-0.2, -0.15) is 0 Å². The fraction of sp³-hybridized carbons (Fsp3) is 0.667. The average Bonchev–Trinajstić information content (AvgIpc) is 3.16. The van der Waals surface area contributed by atoms with Gasteiger partial charge in [0.15, 0.2) is 0 Å². The summed E-state index contributed by atoms with van der Waals surface area (Å²) in [7, 11) is 8.33. The van der Waals surface area contributed by atoms with Crippen LogP contribution >= 0.6 is 0 Å². The zero-order valence-corrected chi connectivity index (χ0v) is 27.1. The van der Waals surface area contributed by atoms with Crippen molar-refractivity contribution < 1.29 is 9.76 Å². The summed E-state index contributed by atoms with van der Waals surface area (Å²) in [5.74, 6) is 2.16. The first-order chi connectivity index (χ1) is 18.8. The van der Waals surface area contributed by atoms with Crippen LogP contribution in [0.1, 0.15) is 131 Å². The maximum Gasteiger partial charge on any atom is 0.330 e. The molecule has 0 spiro atoms. The number of hydrogen-bond acceptors (Lipinski definition) is 2. The molecule has 0 aromatic heterocycles. The van der Waals surface area contributed by atoms with Gasteiger partial charge >= 0.3 is 7.48 Å². The molecule has 0 saturated carbocycles. The Morgan fingerprint density at radius 1 is 0.875 bits per heavy atom. The fourth-order valence-corrected chi connectivity index (χ4v) is 6.30. The van der Waals surface area contributed by atoms with Crippen molar-refractivity contribution in [1.29, 1.82) is 0 Å². The van der Waals surface area contributed by atoms with Crippen LogP contribution in [-0.2, 0) is 10.1 Å². The lowest BCUT2D eigenvalue weighted by Gasteiger charge is -2.38. The third kappa shape index (κ3) is 7.46. The van der Waals surface area contributed by atoms with Crippen molar-refractivity contribution in [1.82, 2.24) is 0 Å². The summed E-state index contributed by atoms with van der Waals surface area (Å²) in [5.41, 5.74) is 5.71. The molecule has 1 aliphatic carbocycles. The first-order valence-electron chi connectivity index (χ1n) is 16.1. The van der Waals surface area contributed by atoms with Crippen molar-refractivity contribution in [3.63, 3.8) is 0 Å².